The number of aromatic nitrogens is 4. The molecule has 3 aromatic rings. The number of hydrogen-bond donors (Lipinski definition) is 2. The molecular formula is C13H13N5O2S. The average molecular weight is 303 g/mol. The quantitative estimate of drug-likeness (QED) is 0.681. The molecule has 0 aliphatic carbocycles. The van der Waals surface area contributed by atoms with E-state index in [0.717, 1.165) is 9.54 Å². The molecule has 3 N–H and O–H groups in total. The van der Waals surface area contributed by atoms with E-state index in [1.165, 1.54) is 12.5 Å². The predicted octanol–water partition coefficient (Wildman–Crippen LogP) is 0.456. The normalized spacial score (nSPS) is 12.6. The van der Waals surface area contributed by atoms with Crippen LogP contribution in [0.4, 0.5) is 5.69 Å². The molecule has 1 aromatic carbocycles. The molecule has 0 radical (unpaired) electrons. The van der Waals surface area contributed by atoms with Crippen molar-refractivity contribution in [1.82, 2.24) is 18.9 Å². The topological polar surface area (TPSA) is 107 Å². The summed E-state index contributed by atoms with van der Waals surface area (Å²) in [6.45, 7) is 0. The maximum Gasteiger partial charge on any atom is 0.339 e. The number of nitrogen functional groups attached to an aromatic ring is 1. The maximum absolute atomic E-state index is 12.4. The van der Waals surface area contributed by atoms with Crippen molar-refractivity contribution >= 4 is 27.8 Å². The molecule has 7 nitrogen and oxygen atoms in total. The summed E-state index contributed by atoms with van der Waals surface area (Å²) in [4.78, 5) is 22.3. The van der Waals surface area contributed by atoms with Crippen LogP contribution in [0.3, 0.4) is 0 Å². The summed E-state index contributed by atoms with van der Waals surface area (Å²) in [6.07, 6.45) is 3.36. The highest BCUT2D eigenvalue weighted by atomic mass is 32.2. The fraction of sp³-hybridized carbons (Fsp3) is 0.154. The maximum atomic E-state index is 12.4. The van der Waals surface area contributed by atoms with Gasteiger partial charge in [0.1, 0.15) is 22.8 Å². The number of hydrogen-bond acceptors (Lipinski definition) is 5. The van der Waals surface area contributed by atoms with Gasteiger partial charge in [-0.25, -0.2) is 19.0 Å². The Morgan fingerprint density at radius 1 is 1.38 bits per heavy atom. The van der Waals surface area contributed by atoms with Crippen LogP contribution in [0.25, 0.3) is 11.2 Å². The minimum absolute atomic E-state index is 0.306. The van der Waals surface area contributed by atoms with E-state index >= 15 is 0 Å². The molecule has 8 heteroatoms. The van der Waals surface area contributed by atoms with Crippen molar-refractivity contribution in [1.29, 1.82) is 0 Å². The Balaban J connectivity index is 1.84. The van der Waals surface area contributed by atoms with E-state index < -0.39 is 16.7 Å². The number of nitrogens with one attached hydrogen (secondary N) is 1. The van der Waals surface area contributed by atoms with Gasteiger partial charge in [-0.1, -0.05) is 12.1 Å². The number of H-pyrrole nitrogens is 1. The SMILES string of the molecule is Nc1cccc(CCS(=O)n2c(=O)[nH]c3cncnc32)c1. The second-order valence-corrected chi connectivity index (χ2v) is 5.92. The van der Waals surface area contributed by atoms with Crippen LogP contribution in [-0.2, 0) is 17.4 Å². The Morgan fingerprint density at radius 2 is 2.24 bits per heavy atom. The molecule has 0 spiro atoms. The summed E-state index contributed by atoms with van der Waals surface area (Å²) in [5, 5.41) is 0. The number of fused-ring (bicyclic) bond motifs is 1. The monoisotopic (exact) mass is 303 g/mol. The number of nitrogens with zero attached hydrogens (tertiary/aromatic N) is 3. The van der Waals surface area contributed by atoms with Gasteiger partial charge in [-0.15, -0.1) is 0 Å². The minimum atomic E-state index is -1.50. The molecule has 1 atom stereocenters. The predicted molar refractivity (Wildman–Crippen MR) is 81.1 cm³/mol. The third-order valence-corrected chi connectivity index (χ3v) is 4.33. The van der Waals surface area contributed by atoms with Gasteiger partial charge in [-0.05, 0) is 24.1 Å². The second-order valence-electron chi connectivity index (χ2n) is 4.51. The van der Waals surface area contributed by atoms with E-state index in [9.17, 15) is 9.00 Å². The van der Waals surface area contributed by atoms with E-state index in [-0.39, 0.29) is 0 Å². The van der Waals surface area contributed by atoms with Gasteiger partial charge in [0, 0.05) is 11.4 Å². The van der Waals surface area contributed by atoms with E-state index in [2.05, 4.69) is 15.0 Å². The number of aryl methyl sites for hydroxylation is 1. The lowest BCUT2D eigenvalue weighted by atomic mass is 10.1. The van der Waals surface area contributed by atoms with Crippen LogP contribution >= 0.6 is 0 Å². The minimum Gasteiger partial charge on any atom is -0.399 e. The van der Waals surface area contributed by atoms with E-state index in [0.29, 0.717) is 29.0 Å². The summed E-state index contributed by atoms with van der Waals surface area (Å²) in [5.74, 6) is 0.306. The highest BCUT2D eigenvalue weighted by Crippen LogP contribution is 2.09. The third kappa shape index (κ3) is 2.70. The molecule has 2 aromatic heterocycles. The summed E-state index contributed by atoms with van der Waals surface area (Å²) >= 11 is 0. The highest BCUT2D eigenvalue weighted by molar-refractivity contribution is 7.83. The van der Waals surface area contributed by atoms with Crippen molar-refractivity contribution in [2.45, 2.75) is 6.42 Å². The lowest BCUT2D eigenvalue weighted by Gasteiger charge is -2.04. The van der Waals surface area contributed by atoms with Crippen LogP contribution in [0.15, 0.2) is 41.6 Å². The lowest BCUT2D eigenvalue weighted by molar-refractivity contribution is 0.676. The first-order valence-corrected chi connectivity index (χ1v) is 7.57. The average Bonchev–Trinajstić information content (AvgIpc) is 2.81. The summed E-state index contributed by atoms with van der Waals surface area (Å²) in [5.41, 5.74) is 7.72. The van der Waals surface area contributed by atoms with Crippen molar-refractivity contribution in [2.24, 2.45) is 0 Å². The second kappa shape index (κ2) is 5.49. The molecule has 1 unspecified atom stereocenters. The molecule has 21 heavy (non-hydrogen) atoms. The Kier molecular flexibility index (Phi) is 3.53. The molecule has 0 saturated carbocycles. The summed E-state index contributed by atoms with van der Waals surface area (Å²) < 4.78 is 13.5. The zero-order chi connectivity index (χ0) is 14.8. The fourth-order valence-corrected chi connectivity index (χ4v) is 3.23. The Morgan fingerprint density at radius 3 is 3.05 bits per heavy atom. The van der Waals surface area contributed by atoms with Gasteiger partial charge in [0.2, 0.25) is 0 Å². The van der Waals surface area contributed by atoms with Gasteiger partial charge >= 0.3 is 5.69 Å². The van der Waals surface area contributed by atoms with Gasteiger partial charge < -0.3 is 10.7 Å². The van der Waals surface area contributed by atoms with Crippen LogP contribution in [0.5, 0.6) is 0 Å². The van der Waals surface area contributed by atoms with Crippen LogP contribution in [-0.4, -0.2) is 28.9 Å². The van der Waals surface area contributed by atoms with E-state index in [4.69, 9.17) is 5.73 Å². The highest BCUT2D eigenvalue weighted by Gasteiger charge is 2.13. The van der Waals surface area contributed by atoms with Crippen LogP contribution in [0.1, 0.15) is 5.56 Å². The van der Waals surface area contributed by atoms with Crippen molar-refractivity contribution in [3.63, 3.8) is 0 Å². The smallest absolute Gasteiger partial charge is 0.339 e. The number of imidazole rings is 1. The van der Waals surface area contributed by atoms with Crippen molar-refractivity contribution in [2.75, 3.05) is 11.5 Å². The number of nitrogens with two attached hydrogens (primary N) is 1. The van der Waals surface area contributed by atoms with Crippen molar-refractivity contribution < 1.29 is 4.21 Å². The first-order chi connectivity index (χ1) is 10.1. The van der Waals surface area contributed by atoms with Crippen LogP contribution < -0.4 is 11.4 Å². The molecule has 2 heterocycles. The summed E-state index contributed by atoms with van der Waals surface area (Å²) in [6, 6.07) is 7.38. The van der Waals surface area contributed by atoms with Crippen LogP contribution in [0, 0.1) is 0 Å². The Labute approximate surface area is 122 Å². The Hall–Kier alpha value is -2.48. The first kappa shape index (κ1) is 13.5. The molecule has 3 rings (SSSR count). The molecule has 0 saturated heterocycles. The molecule has 108 valence electrons. The molecule has 0 aliphatic heterocycles. The zero-order valence-electron chi connectivity index (χ0n) is 11.0. The van der Waals surface area contributed by atoms with Gasteiger partial charge in [-0.2, -0.15) is 3.97 Å². The molecule has 0 aliphatic rings. The van der Waals surface area contributed by atoms with E-state index in [1.54, 1.807) is 6.07 Å². The molecule has 0 fully saturated rings. The van der Waals surface area contributed by atoms with Crippen molar-refractivity contribution in [3.05, 3.63) is 52.8 Å². The molecule has 0 bridgehead atoms. The van der Waals surface area contributed by atoms with Gasteiger partial charge in [0.05, 0.1) is 6.20 Å². The lowest BCUT2D eigenvalue weighted by Crippen LogP contribution is -2.23. The number of rotatable bonds is 4. The van der Waals surface area contributed by atoms with Gasteiger partial charge in [0.15, 0.2) is 5.65 Å². The van der Waals surface area contributed by atoms with E-state index in [1.807, 2.05) is 18.2 Å². The number of aromatic amines is 1. The standard InChI is InChI=1S/C13H13N5O2S/c14-10-3-1-2-9(6-10)4-5-21(20)18-12-11(17-13(18)19)7-15-8-16-12/h1-3,6-8H,4-5,14H2,(H,17,19). The Bertz CT molecular complexity index is 870. The molecule has 0 amide bonds. The van der Waals surface area contributed by atoms with Gasteiger partial charge in [-0.3, -0.25) is 0 Å². The fourth-order valence-electron chi connectivity index (χ4n) is 2.07. The first-order valence-electron chi connectivity index (χ1n) is 6.29. The molecular weight excluding hydrogens is 290 g/mol. The number of anilines is 1. The zero-order valence-corrected chi connectivity index (χ0v) is 11.8. The van der Waals surface area contributed by atoms with Gasteiger partial charge in [0.25, 0.3) is 0 Å². The van der Waals surface area contributed by atoms with Crippen LogP contribution in [0.2, 0.25) is 0 Å². The summed E-state index contributed by atoms with van der Waals surface area (Å²) in [7, 11) is -1.50. The largest absolute Gasteiger partial charge is 0.399 e. The van der Waals surface area contributed by atoms with Crippen molar-refractivity contribution in [3.8, 4) is 0 Å². The number of benzene rings is 1. The third-order valence-electron chi connectivity index (χ3n) is 3.03.